The van der Waals surface area contributed by atoms with Crippen molar-refractivity contribution in [3.8, 4) is 5.75 Å². The molecule has 0 fully saturated rings. The first-order valence-corrected chi connectivity index (χ1v) is 9.01. The number of hydrogen-bond acceptors (Lipinski definition) is 4. The lowest BCUT2D eigenvalue weighted by Gasteiger charge is -2.17. The number of rotatable bonds is 7. The molecule has 1 aromatic carbocycles. The van der Waals surface area contributed by atoms with Crippen LogP contribution >= 0.6 is 24.0 Å². The second-order valence-corrected chi connectivity index (χ2v) is 6.25. The van der Waals surface area contributed by atoms with Crippen molar-refractivity contribution < 1.29 is 9.13 Å². The Morgan fingerprint density at radius 1 is 1.30 bits per heavy atom. The molecule has 27 heavy (non-hydrogen) atoms. The van der Waals surface area contributed by atoms with Gasteiger partial charge in [0.05, 0.1) is 6.54 Å². The molecule has 0 saturated carbocycles. The summed E-state index contributed by atoms with van der Waals surface area (Å²) < 4.78 is 20.9. The van der Waals surface area contributed by atoms with Crippen LogP contribution in [0.5, 0.6) is 5.75 Å². The lowest BCUT2D eigenvalue weighted by molar-refractivity contribution is 0.223. The van der Waals surface area contributed by atoms with Crippen molar-refractivity contribution in [3.63, 3.8) is 0 Å². The number of aromatic nitrogens is 3. The van der Waals surface area contributed by atoms with Gasteiger partial charge in [0, 0.05) is 19.5 Å². The van der Waals surface area contributed by atoms with Crippen molar-refractivity contribution in [3.05, 3.63) is 41.7 Å². The van der Waals surface area contributed by atoms with Crippen LogP contribution in [0.4, 0.5) is 4.39 Å². The maximum absolute atomic E-state index is 12.9. The van der Waals surface area contributed by atoms with Crippen molar-refractivity contribution in [1.29, 1.82) is 0 Å². The topological polar surface area (TPSA) is 76.4 Å². The number of aryl methyl sites for hydroxylation is 1. The zero-order valence-corrected chi connectivity index (χ0v) is 17.9. The largest absolute Gasteiger partial charge is 0.489 e. The van der Waals surface area contributed by atoms with Gasteiger partial charge in [0.1, 0.15) is 30.0 Å². The Balaban J connectivity index is 0.00000261. The lowest BCUT2D eigenvalue weighted by Crippen LogP contribution is -2.41. The molecular formula is C18H26FIN6O. The number of hydrogen-bond donors (Lipinski definition) is 2. The van der Waals surface area contributed by atoms with E-state index in [1.165, 1.54) is 12.1 Å². The fraction of sp³-hybridized carbons (Fsp3) is 0.500. The molecule has 0 amide bonds. The molecule has 0 aliphatic carbocycles. The highest BCUT2D eigenvalue weighted by Crippen LogP contribution is 2.14. The first-order chi connectivity index (χ1) is 12.7. The van der Waals surface area contributed by atoms with E-state index < -0.39 is 0 Å². The smallest absolute Gasteiger partial charge is 0.191 e. The molecule has 7 nitrogen and oxygen atoms in total. The van der Waals surface area contributed by atoms with Crippen LogP contribution in [-0.4, -0.2) is 39.9 Å². The molecule has 0 radical (unpaired) electrons. The van der Waals surface area contributed by atoms with Crippen LogP contribution in [0.25, 0.3) is 0 Å². The summed E-state index contributed by atoms with van der Waals surface area (Å²) in [7, 11) is 0. The minimum Gasteiger partial charge on any atom is -0.489 e. The summed E-state index contributed by atoms with van der Waals surface area (Å²) in [4.78, 5) is 4.59. The summed E-state index contributed by atoms with van der Waals surface area (Å²) in [6, 6.07) is 6.02. The number of halogens is 2. The van der Waals surface area contributed by atoms with Crippen LogP contribution in [-0.2, 0) is 19.5 Å². The highest BCUT2D eigenvalue weighted by Gasteiger charge is 2.16. The van der Waals surface area contributed by atoms with Crippen LogP contribution in [0.1, 0.15) is 31.9 Å². The van der Waals surface area contributed by atoms with E-state index in [0.29, 0.717) is 24.8 Å². The van der Waals surface area contributed by atoms with Gasteiger partial charge < -0.3 is 19.9 Å². The van der Waals surface area contributed by atoms with Crippen molar-refractivity contribution in [2.24, 2.45) is 4.99 Å². The maximum Gasteiger partial charge on any atom is 0.191 e. The molecule has 2 aromatic rings. The van der Waals surface area contributed by atoms with Crippen LogP contribution in [0, 0.1) is 5.82 Å². The summed E-state index contributed by atoms with van der Waals surface area (Å²) in [6.45, 7) is 6.75. The molecule has 148 valence electrons. The SMILES string of the molecule is CCNC(=NCc1nnc2n1CCC2)NCC(C)Oc1ccc(F)cc1.I. The number of ether oxygens (including phenoxy) is 1. The van der Waals surface area contributed by atoms with Crippen LogP contribution < -0.4 is 15.4 Å². The van der Waals surface area contributed by atoms with E-state index in [1.54, 1.807) is 12.1 Å². The van der Waals surface area contributed by atoms with E-state index in [-0.39, 0.29) is 35.9 Å². The molecule has 9 heteroatoms. The van der Waals surface area contributed by atoms with Gasteiger partial charge in [0.2, 0.25) is 0 Å². The Labute approximate surface area is 175 Å². The number of fused-ring (bicyclic) bond motifs is 1. The zero-order valence-electron chi connectivity index (χ0n) is 15.6. The fourth-order valence-electron chi connectivity index (χ4n) is 2.85. The Hall–Kier alpha value is -1.91. The van der Waals surface area contributed by atoms with E-state index >= 15 is 0 Å². The van der Waals surface area contributed by atoms with Crippen molar-refractivity contribution in [2.75, 3.05) is 13.1 Å². The highest BCUT2D eigenvalue weighted by atomic mass is 127. The number of guanidine groups is 1. The van der Waals surface area contributed by atoms with Gasteiger partial charge in [-0.3, -0.25) is 0 Å². The molecule has 1 atom stereocenters. The fourth-order valence-corrected chi connectivity index (χ4v) is 2.85. The Morgan fingerprint density at radius 3 is 2.81 bits per heavy atom. The summed E-state index contributed by atoms with van der Waals surface area (Å²) in [6.07, 6.45) is 2.02. The number of nitrogens with zero attached hydrogens (tertiary/aromatic N) is 4. The van der Waals surface area contributed by atoms with Crippen molar-refractivity contribution >= 4 is 29.9 Å². The first kappa shape index (κ1) is 21.4. The van der Waals surface area contributed by atoms with Gasteiger partial charge >= 0.3 is 0 Å². The first-order valence-electron chi connectivity index (χ1n) is 9.01. The number of nitrogens with one attached hydrogen (secondary N) is 2. The summed E-state index contributed by atoms with van der Waals surface area (Å²) >= 11 is 0. The van der Waals surface area contributed by atoms with Crippen LogP contribution in [0.3, 0.4) is 0 Å². The molecule has 1 aromatic heterocycles. The highest BCUT2D eigenvalue weighted by molar-refractivity contribution is 14.0. The second kappa shape index (κ2) is 10.4. The van der Waals surface area contributed by atoms with E-state index in [4.69, 9.17) is 4.74 Å². The summed E-state index contributed by atoms with van der Waals surface area (Å²) in [5.74, 6) is 3.02. The van der Waals surface area contributed by atoms with Gasteiger partial charge in [-0.05, 0) is 44.5 Å². The molecular weight excluding hydrogens is 462 g/mol. The molecule has 2 heterocycles. The molecule has 1 aliphatic heterocycles. The minimum absolute atomic E-state index is 0. The van der Waals surface area contributed by atoms with Gasteiger partial charge in [0.25, 0.3) is 0 Å². The number of benzene rings is 1. The molecule has 3 rings (SSSR count). The predicted octanol–water partition coefficient (Wildman–Crippen LogP) is 2.50. The van der Waals surface area contributed by atoms with Crippen molar-refractivity contribution in [1.82, 2.24) is 25.4 Å². The summed E-state index contributed by atoms with van der Waals surface area (Å²) in [5, 5.41) is 14.9. The maximum atomic E-state index is 12.9. The second-order valence-electron chi connectivity index (χ2n) is 6.25. The Morgan fingerprint density at radius 2 is 2.07 bits per heavy atom. The third-order valence-electron chi connectivity index (χ3n) is 4.12. The zero-order chi connectivity index (χ0) is 18.4. The van der Waals surface area contributed by atoms with Crippen LogP contribution in [0.15, 0.2) is 29.3 Å². The van der Waals surface area contributed by atoms with Crippen LogP contribution in [0.2, 0.25) is 0 Å². The molecule has 2 N–H and O–H groups in total. The molecule has 0 saturated heterocycles. The number of aliphatic imine (C=N–C) groups is 1. The predicted molar refractivity (Wildman–Crippen MR) is 113 cm³/mol. The Kier molecular flexibility index (Phi) is 8.26. The van der Waals surface area contributed by atoms with Gasteiger partial charge in [0.15, 0.2) is 11.8 Å². The van der Waals surface area contributed by atoms with Gasteiger partial charge in [-0.1, -0.05) is 0 Å². The monoisotopic (exact) mass is 488 g/mol. The van der Waals surface area contributed by atoms with Gasteiger partial charge in [-0.2, -0.15) is 0 Å². The standard InChI is InChI=1S/C18H25FN6O.HI/c1-3-20-18(22-12-17-24-23-16-5-4-10-25(16)17)21-11-13(2)26-15-8-6-14(19)7-9-15;/h6-9,13H,3-5,10-12H2,1-2H3,(H2,20,21,22);1H. The van der Waals surface area contributed by atoms with Crippen molar-refractivity contribution in [2.45, 2.75) is 45.9 Å². The average molecular weight is 488 g/mol. The van der Waals surface area contributed by atoms with Gasteiger partial charge in [-0.25, -0.2) is 9.38 Å². The van der Waals surface area contributed by atoms with Gasteiger partial charge in [-0.15, -0.1) is 34.2 Å². The van der Waals surface area contributed by atoms with E-state index in [9.17, 15) is 4.39 Å². The third kappa shape index (κ3) is 6.05. The molecule has 1 aliphatic rings. The Bertz CT molecular complexity index is 749. The average Bonchev–Trinajstić information content (AvgIpc) is 3.23. The lowest BCUT2D eigenvalue weighted by atomic mass is 10.3. The minimum atomic E-state index is -0.273. The molecule has 1 unspecified atom stereocenters. The summed E-state index contributed by atoms with van der Waals surface area (Å²) in [5.41, 5.74) is 0. The van der Waals surface area contributed by atoms with E-state index in [1.807, 2.05) is 13.8 Å². The molecule has 0 bridgehead atoms. The normalized spacial score (nSPS) is 14.3. The molecule has 0 spiro atoms. The quantitative estimate of drug-likeness (QED) is 0.356. The van der Waals surface area contributed by atoms with E-state index in [2.05, 4.69) is 30.4 Å². The van der Waals surface area contributed by atoms with E-state index in [0.717, 1.165) is 37.6 Å². The third-order valence-corrected chi connectivity index (χ3v) is 4.12.